The molecule has 0 aliphatic carbocycles. The van der Waals surface area contributed by atoms with Crippen molar-refractivity contribution in [2.75, 3.05) is 5.73 Å². The highest BCUT2D eigenvalue weighted by Crippen LogP contribution is 2.22. The van der Waals surface area contributed by atoms with Crippen LogP contribution in [0.3, 0.4) is 0 Å². The van der Waals surface area contributed by atoms with Crippen molar-refractivity contribution in [1.29, 1.82) is 0 Å². The van der Waals surface area contributed by atoms with Crippen LogP contribution >= 0.6 is 0 Å². The minimum absolute atomic E-state index is 0.266. The number of aromatic nitrogens is 3. The van der Waals surface area contributed by atoms with E-state index in [4.69, 9.17) is 11.5 Å². The largest absolute Gasteiger partial charge is 0.383 e. The Morgan fingerprint density at radius 3 is 2.82 bits per heavy atom. The normalized spacial score (nSPS) is 10.9. The third kappa shape index (κ3) is 2.90. The van der Waals surface area contributed by atoms with Gasteiger partial charge in [-0.1, -0.05) is 24.3 Å². The van der Waals surface area contributed by atoms with Gasteiger partial charge in [0.15, 0.2) is 0 Å². The molecule has 0 aliphatic heterocycles. The number of hydrogen-bond donors (Lipinski definition) is 3. The monoisotopic (exact) mass is 295 g/mol. The van der Waals surface area contributed by atoms with Gasteiger partial charge in [0, 0.05) is 6.20 Å². The van der Waals surface area contributed by atoms with Crippen LogP contribution in [0.15, 0.2) is 36.8 Å². The Balaban J connectivity index is 1.78. The molecule has 0 radical (unpaired) electrons. The third-order valence-electron chi connectivity index (χ3n) is 3.63. The Kier molecular flexibility index (Phi) is 3.74. The van der Waals surface area contributed by atoms with Crippen molar-refractivity contribution < 1.29 is 4.79 Å². The zero-order chi connectivity index (χ0) is 15.5. The average Bonchev–Trinajstić information content (AvgIpc) is 2.89. The van der Waals surface area contributed by atoms with Crippen molar-refractivity contribution in [1.82, 2.24) is 15.0 Å². The topological polar surface area (TPSA) is 111 Å². The Hall–Kier alpha value is -2.89. The molecular weight excluding hydrogens is 278 g/mol. The van der Waals surface area contributed by atoms with E-state index >= 15 is 0 Å². The standard InChI is InChI=1S/C16H17N5O/c17-13(22)7-11-3-1-2-10(6-11)4-5-12-8-19-16-14(12)15(18)20-9-21-16/h1-3,6,8-9H,4-5,7H2,(H2,17,22)(H3,18,19,20,21). The van der Waals surface area contributed by atoms with E-state index < -0.39 is 0 Å². The number of nitrogens with one attached hydrogen (secondary N) is 1. The molecule has 2 aromatic heterocycles. The number of amides is 1. The summed E-state index contributed by atoms with van der Waals surface area (Å²) in [5.41, 5.74) is 15.1. The molecule has 0 aliphatic rings. The van der Waals surface area contributed by atoms with Crippen LogP contribution in [0, 0.1) is 0 Å². The number of carbonyl (C=O) groups is 1. The van der Waals surface area contributed by atoms with Crippen LogP contribution in [0.4, 0.5) is 5.82 Å². The maximum absolute atomic E-state index is 11.0. The van der Waals surface area contributed by atoms with Gasteiger partial charge in [-0.05, 0) is 29.5 Å². The number of nitrogen functional groups attached to an aromatic ring is 1. The van der Waals surface area contributed by atoms with E-state index in [9.17, 15) is 4.79 Å². The molecule has 3 rings (SSSR count). The first-order valence-electron chi connectivity index (χ1n) is 7.06. The lowest BCUT2D eigenvalue weighted by Gasteiger charge is -2.04. The molecule has 0 saturated heterocycles. The van der Waals surface area contributed by atoms with Crippen LogP contribution in [0.5, 0.6) is 0 Å². The summed E-state index contributed by atoms with van der Waals surface area (Å²) in [7, 11) is 0. The van der Waals surface area contributed by atoms with E-state index in [1.54, 1.807) is 0 Å². The number of H-pyrrole nitrogens is 1. The molecular formula is C16H17N5O. The summed E-state index contributed by atoms with van der Waals surface area (Å²) in [6.07, 6.45) is 5.29. The fourth-order valence-electron chi connectivity index (χ4n) is 2.63. The van der Waals surface area contributed by atoms with Crippen LogP contribution in [-0.4, -0.2) is 20.9 Å². The molecule has 112 valence electrons. The van der Waals surface area contributed by atoms with Gasteiger partial charge in [-0.15, -0.1) is 0 Å². The lowest BCUT2D eigenvalue weighted by molar-refractivity contribution is -0.117. The number of primary amides is 1. The zero-order valence-corrected chi connectivity index (χ0v) is 12.0. The van der Waals surface area contributed by atoms with E-state index in [1.807, 2.05) is 30.5 Å². The number of rotatable bonds is 5. The zero-order valence-electron chi connectivity index (χ0n) is 12.0. The minimum atomic E-state index is -0.321. The van der Waals surface area contributed by atoms with Gasteiger partial charge in [0.1, 0.15) is 17.8 Å². The summed E-state index contributed by atoms with van der Waals surface area (Å²) in [6, 6.07) is 7.91. The molecule has 0 unspecified atom stereocenters. The van der Waals surface area contributed by atoms with Gasteiger partial charge < -0.3 is 16.5 Å². The van der Waals surface area contributed by atoms with Crippen LogP contribution in [0.2, 0.25) is 0 Å². The van der Waals surface area contributed by atoms with Gasteiger partial charge in [-0.2, -0.15) is 0 Å². The molecule has 1 aromatic carbocycles. The fraction of sp³-hybridized carbons (Fsp3) is 0.188. The molecule has 22 heavy (non-hydrogen) atoms. The number of fused-ring (bicyclic) bond motifs is 1. The molecule has 0 spiro atoms. The predicted molar refractivity (Wildman–Crippen MR) is 85.0 cm³/mol. The number of aromatic amines is 1. The molecule has 3 aromatic rings. The van der Waals surface area contributed by atoms with E-state index in [-0.39, 0.29) is 12.3 Å². The van der Waals surface area contributed by atoms with Gasteiger partial charge in [-0.3, -0.25) is 4.79 Å². The second-order valence-corrected chi connectivity index (χ2v) is 5.26. The van der Waals surface area contributed by atoms with Crippen molar-refractivity contribution in [3.05, 3.63) is 53.5 Å². The van der Waals surface area contributed by atoms with Crippen LogP contribution < -0.4 is 11.5 Å². The van der Waals surface area contributed by atoms with Gasteiger partial charge in [0.05, 0.1) is 11.8 Å². The number of nitrogens with two attached hydrogens (primary N) is 2. The smallest absolute Gasteiger partial charge is 0.221 e. The Bertz CT molecular complexity index is 824. The lowest BCUT2D eigenvalue weighted by Crippen LogP contribution is -2.13. The summed E-state index contributed by atoms with van der Waals surface area (Å²) in [4.78, 5) is 22.3. The van der Waals surface area contributed by atoms with Crippen LogP contribution in [-0.2, 0) is 24.1 Å². The Morgan fingerprint density at radius 2 is 2.00 bits per heavy atom. The Labute approximate surface area is 127 Å². The first-order chi connectivity index (χ1) is 10.6. The van der Waals surface area contributed by atoms with E-state index in [0.29, 0.717) is 5.82 Å². The second kappa shape index (κ2) is 5.85. The van der Waals surface area contributed by atoms with Crippen LogP contribution in [0.1, 0.15) is 16.7 Å². The first kappa shape index (κ1) is 14.1. The maximum atomic E-state index is 11.0. The molecule has 1 amide bonds. The van der Waals surface area contributed by atoms with E-state index in [1.165, 1.54) is 6.33 Å². The second-order valence-electron chi connectivity index (χ2n) is 5.26. The van der Waals surface area contributed by atoms with Gasteiger partial charge >= 0.3 is 0 Å². The summed E-state index contributed by atoms with van der Waals surface area (Å²) >= 11 is 0. The van der Waals surface area contributed by atoms with Crippen molar-refractivity contribution in [3.8, 4) is 0 Å². The maximum Gasteiger partial charge on any atom is 0.221 e. The van der Waals surface area contributed by atoms with Gasteiger partial charge in [0.25, 0.3) is 0 Å². The highest BCUT2D eigenvalue weighted by atomic mass is 16.1. The summed E-state index contributed by atoms with van der Waals surface area (Å²) < 4.78 is 0. The fourth-order valence-corrected chi connectivity index (χ4v) is 2.63. The third-order valence-corrected chi connectivity index (χ3v) is 3.63. The van der Waals surface area contributed by atoms with Crippen molar-refractivity contribution in [3.63, 3.8) is 0 Å². The number of hydrogen-bond acceptors (Lipinski definition) is 4. The molecule has 6 nitrogen and oxygen atoms in total. The number of nitrogens with zero attached hydrogens (tertiary/aromatic N) is 2. The average molecular weight is 295 g/mol. The molecule has 5 N–H and O–H groups in total. The summed E-state index contributed by atoms with van der Waals surface area (Å²) in [5, 5.41) is 0.885. The first-order valence-corrected chi connectivity index (χ1v) is 7.06. The van der Waals surface area contributed by atoms with Gasteiger partial charge in [-0.25, -0.2) is 9.97 Å². The number of anilines is 1. The minimum Gasteiger partial charge on any atom is -0.383 e. The van der Waals surface area contributed by atoms with Crippen molar-refractivity contribution in [2.24, 2.45) is 5.73 Å². The lowest BCUT2D eigenvalue weighted by atomic mass is 10.0. The van der Waals surface area contributed by atoms with Crippen molar-refractivity contribution in [2.45, 2.75) is 19.3 Å². The number of benzene rings is 1. The molecule has 0 atom stereocenters. The highest BCUT2D eigenvalue weighted by molar-refractivity contribution is 5.89. The summed E-state index contributed by atoms with van der Waals surface area (Å²) in [5.74, 6) is 0.169. The molecule has 2 heterocycles. The van der Waals surface area contributed by atoms with E-state index in [2.05, 4.69) is 15.0 Å². The van der Waals surface area contributed by atoms with Crippen LogP contribution in [0.25, 0.3) is 11.0 Å². The predicted octanol–water partition coefficient (Wildman–Crippen LogP) is 1.35. The number of aryl methyl sites for hydroxylation is 2. The molecule has 0 saturated carbocycles. The van der Waals surface area contributed by atoms with E-state index in [0.717, 1.165) is 40.6 Å². The summed E-state index contributed by atoms with van der Waals surface area (Å²) in [6.45, 7) is 0. The molecule has 6 heteroatoms. The SMILES string of the molecule is NC(=O)Cc1cccc(CCc2c[nH]c3ncnc(N)c23)c1. The van der Waals surface area contributed by atoms with Crippen molar-refractivity contribution >= 4 is 22.8 Å². The van der Waals surface area contributed by atoms with Gasteiger partial charge in [0.2, 0.25) is 5.91 Å². The quantitative estimate of drug-likeness (QED) is 0.659. The highest BCUT2D eigenvalue weighted by Gasteiger charge is 2.09. The Morgan fingerprint density at radius 1 is 1.18 bits per heavy atom. The number of carbonyl (C=O) groups excluding carboxylic acids is 1. The molecule has 0 bridgehead atoms. The molecule has 0 fully saturated rings.